The van der Waals surface area contributed by atoms with Gasteiger partial charge in [0, 0.05) is 5.92 Å². The zero-order chi connectivity index (χ0) is 17.6. The van der Waals surface area contributed by atoms with Crippen LogP contribution in [0.15, 0.2) is 42.5 Å². The van der Waals surface area contributed by atoms with Gasteiger partial charge in [0.2, 0.25) is 0 Å². The van der Waals surface area contributed by atoms with E-state index in [9.17, 15) is 19.8 Å². The van der Waals surface area contributed by atoms with Crippen LogP contribution < -0.4 is 0 Å². The monoisotopic (exact) mass is 324 g/mol. The van der Waals surface area contributed by atoms with Crippen molar-refractivity contribution in [2.24, 2.45) is 5.92 Å². The Bertz CT molecular complexity index is 816. The van der Waals surface area contributed by atoms with Gasteiger partial charge in [0.1, 0.15) is 0 Å². The number of fused-ring (bicyclic) bond motifs is 3. The molecule has 1 aliphatic rings. The van der Waals surface area contributed by atoms with E-state index < -0.39 is 23.8 Å². The van der Waals surface area contributed by atoms with E-state index in [0.29, 0.717) is 0 Å². The Morgan fingerprint density at radius 1 is 0.917 bits per heavy atom. The lowest BCUT2D eigenvalue weighted by molar-refractivity contribution is -0.155. The molecule has 0 spiro atoms. The third-order valence-corrected chi connectivity index (χ3v) is 4.70. The number of rotatable bonds is 3. The Morgan fingerprint density at radius 3 is 2.08 bits per heavy atom. The molecule has 1 unspecified atom stereocenters. The third-order valence-electron chi connectivity index (χ3n) is 4.70. The fourth-order valence-electron chi connectivity index (χ4n) is 3.46. The van der Waals surface area contributed by atoms with Gasteiger partial charge in [0.25, 0.3) is 0 Å². The molecule has 124 valence electrons. The van der Waals surface area contributed by atoms with Gasteiger partial charge in [-0.1, -0.05) is 63.2 Å². The van der Waals surface area contributed by atoms with Crippen LogP contribution >= 0.6 is 0 Å². The predicted octanol–water partition coefficient (Wildman–Crippen LogP) is 3.88. The van der Waals surface area contributed by atoms with Crippen molar-refractivity contribution in [1.82, 2.24) is 0 Å². The largest absolute Gasteiger partial charge is 0.481 e. The van der Waals surface area contributed by atoms with Crippen molar-refractivity contribution in [2.45, 2.75) is 32.1 Å². The molecule has 0 saturated heterocycles. The second-order valence-corrected chi connectivity index (χ2v) is 7.27. The van der Waals surface area contributed by atoms with Gasteiger partial charge in [0.05, 0.1) is 0 Å². The lowest BCUT2D eigenvalue weighted by atomic mass is 9.80. The number of hydrogen-bond donors (Lipinski definition) is 2. The van der Waals surface area contributed by atoms with Gasteiger partial charge in [-0.25, -0.2) is 0 Å². The molecule has 3 rings (SSSR count). The van der Waals surface area contributed by atoms with Gasteiger partial charge >= 0.3 is 11.9 Å². The van der Waals surface area contributed by atoms with Crippen LogP contribution in [-0.2, 0) is 15.0 Å². The molecule has 4 nitrogen and oxygen atoms in total. The SMILES string of the molecule is CC(C)(C)c1ccc2c(c1)C(C(C(=O)O)C(=O)O)c1ccccc1-2. The number of carboxylic acids is 2. The van der Waals surface area contributed by atoms with E-state index in [-0.39, 0.29) is 5.41 Å². The van der Waals surface area contributed by atoms with Gasteiger partial charge in [-0.05, 0) is 33.2 Å². The summed E-state index contributed by atoms with van der Waals surface area (Å²) in [4.78, 5) is 23.3. The lowest BCUT2D eigenvalue weighted by Crippen LogP contribution is -2.29. The minimum absolute atomic E-state index is 0.101. The van der Waals surface area contributed by atoms with E-state index in [1.807, 2.05) is 42.5 Å². The summed E-state index contributed by atoms with van der Waals surface area (Å²) >= 11 is 0. The van der Waals surface area contributed by atoms with Crippen molar-refractivity contribution in [3.8, 4) is 11.1 Å². The Balaban J connectivity index is 2.27. The number of aliphatic carboxylic acids is 2. The first-order valence-electron chi connectivity index (χ1n) is 7.91. The van der Waals surface area contributed by atoms with E-state index >= 15 is 0 Å². The number of benzene rings is 2. The number of carbonyl (C=O) groups is 2. The molecule has 0 aliphatic heterocycles. The number of carboxylic acid groups (broad SMARTS) is 2. The van der Waals surface area contributed by atoms with Crippen LogP contribution in [0, 0.1) is 5.92 Å². The van der Waals surface area contributed by atoms with E-state index in [4.69, 9.17) is 0 Å². The molecule has 0 heterocycles. The van der Waals surface area contributed by atoms with Crippen LogP contribution in [0.4, 0.5) is 0 Å². The van der Waals surface area contributed by atoms with Crippen LogP contribution in [-0.4, -0.2) is 22.2 Å². The number of hydrogen-bond acceptors (Lipinski definition) is 2. The average Bonchev–Trinajstić information content (AvgIpc) is 2.80. The standard InChI is InChI=1S/C20H20O4/c1-20(2,3)11-8-9-13-12-6-4-5-7-14(12)16(15(13)10-11)17(18(21)22)19(23)24/h4-10,16-17H,1-3H3,(H,21,22)(H,23,24). The highest BCUT2D eigenvalue weighted by atomic mass is 16.4. The van der Waals surface area contributed by atoms with Crippen molar-refractivity contribution in [3.63, 3.8) is 0 Å². The van der Waals surface area contributed by atoms with Crippen LogP contribution in [0.1, 0.15) is 43.4 Å². The molecule has 2 aromatic carbocycles. The van der Waals surface area contributed by atoms with E-state index in [1.54, 1.807) is 0 Å². The second kappa shape index (κ2) is 5.48. The molecule has 0 aromatic heterocycles. The summed E-state index contributed by atoms with van der Waals surface area (Å²) in [6.07, 6.45) is 0. The Labute approximate surface area is 140 Å². The molecule has 0 radical (unpaired) electrons. The van der Waals surface area contributed by atoms with E-state index in [0.717, 1.165) is 27.8 Å². The van der Waals surface area contributed by atoms with Gasteiger partial charge in [-0.3, -0.25) is 9.59 Å². The smallest absolute Gasteiger partial charge is 0.318 e. The van der Waals surface area contributed by atoms with Crippen molar-refractivity contribution < 1.29 is 19.8 Å². The van der Waals surface area contributed by atoms with E-state index in [2.05, 4.69) is 20.8 Å². The Hall–Kier alpha value is -2.62. The average molecular weight is 324 g/mol. The zero-order valence-electron chi connectivity index (χ0n) is 13.9. The fraction of sp³-hybridized carbons (Fsp3) is 0.300. The van der Waals surface area contributed by atoms with Gasteiger partial charge in [0.15, 0.2) is 5.92 Å². The minimum atomic E-state index is -1.50. The molecule has 24 heavy (non-hydrogen) atoms. The quantitative estimate of drug-likeness (QED) is 0.840. The molecule has 0 fully saturated rings. The molecule has 0 saturated carbocycles. The minimum Gasteiger partial charge on any atom is -0.481 e. The van der Waals surface area contributed by atoms with Gasteiger partial charge < -0.3 is 10.2 Å². The van der Waals surface area contributed by atoms with E-state index in [1.165, 1.54) is 0 Å². The van der Waals surface area contributed by atoms with Gasteiger partial charge in [-0.2, -0.15) is 0 Å². The molecular weight excluding hydrogens is 304 g/mol. The molecule has 4 heteroatoms. The summed E-state index contributed by atoms with van der Waals surface area (Å²) in [6, 6.07) is 13.5. The third kappa shape index (κ3) is 2.48. The van der Waals surface area contributed by atoms with Crippen molar-refractivity contribution in [1.29, 1.82) is 0 Å². The maximum Gasteiger partial charge on any atom is 0.318 e. The van der Waals surface area contributed by atoms with Gasteiger partial charge in [-0.15, -0.1) is 0 Å². The highest BCUT2D eigenvalue weighted by Crippen LogP contribution is 2.49. The highest BCUT2D eigenvalue weighted by molar-refractivity contribution is 5.97. The van der Waals surface area contributed by atoms with Crippen LogP contribution in [0.5, 0.6) is 0 Å². The van der Waals surface area contributed by atoms with Crippen LogP contribution in [0.2, 0.25) is 0 Å². The molecule has 2 aromatic rings. The highest BCUT2D eigenvalue weighted by Gasteiger charge is 2.42. The van der Waals surface area contributed by atoms with Crippen LogP contribution in [0.25, 0.3) is 11.1 Å². The normalized spacial score (nSPS) is 15.9. The fourth-order valence-corrected chi connectivity index (χ4v) is 3.46. The molecule has 1 aliphatic carbocycles. The lowest BCUT2D eigenvalue weighted by Gasteiger charge is -2.23. The first kappa shape index (κ1) is 16.2. The topological polar surface area (TPSA) is 74.6 Å². The van der Waals surface area contributed by atoms with Crippen LogP contribution in [0.3, 0.4) is 0 Å². The maximum absolute atomic E-state index is 11.6. The molecule has 1 atom stereocenters. The Morgan fingerprint density at radius 2 is 1.50 bits per heavy atom. The Kier molecular flexibility index (Phi) is 3.71. The van der Waals surface area contributed by atoms with Crippen molar-refractivity contribution in [2.75, 3.05) is 0 Å². The van der Waals surface area contributed by atoms with Crippen molar-refractivity contribution >= 4 is 11.9 Å². The first-order chi connectivity index (χ1) is 11.2. The maximum atomic E-state index is 11.6. The zero-order valence-corrected chi connectivity index (χ0v) is 13.9. The summed E-state index contributed by atoms with van der Waals surface area (Å²) in [6.45, 7) is 6.24. The molecular formula is C20H20O4. The summed E-state index contributed by atoms with van der Waals surface area (Å²) in [5.74, 6) is -4.79. The summed E-state index contributed by atoms with van der Waals surface area (Å²) < 4.78 is 0. The van der Waals surface area contributed by atoms with Crippen molar-refractivity contribution in [3.05, 3.63) is 59.2 Å². The summed E-state index contributed by atoms with van der Waals surface area (Å²) in [7, 11) is 0. The summed E-state index contributed by atoms with van der Waals surface area (Å²) in [5.41, 5.74) is 4.37. The second-order valence-electron chi connectivity index (χ2n) is 7.27. The predicted molar refractivity (Wildman–Crippen MR) is 91.2 cm³/mol. The molecule has 0 bridgehead atoms. The summed E-state index contributed by atoms with van der Waals surface area (Å²) in [5, 5.41) is 19.0. The molecule has 0 amide bonds. The molecule has 2 N–H and O–H groups in total. The first-order valence-corrected chi connectivity index (χ1v) is 7.91.